The fraction of sp³-hybridized carbons (Fsp3) is 0.528. The number of carbonyl (C=O) groups is 4. The molecule has 13 nitrogen and oxygen atoms in total. The van der Waals surface area contributed by atoms with E-state index in [9.17, 15) is 19.2 Å². The van der Waals surface area contributed by atoms with Crippen molar-refractivity contribution in [2.75, 3.05) is 39.8 Å². The maximum absolute atomic E-state index is 13.9. The molecule has 9 N–H and O–H groups in total. The maximum atomic E-state index is 13.9. The molecular weight excluding hydrogens is 622 g/mol. The van der Waals surface area contributed by atoms with E-state index in [1.165, 1.54) is 0 Å². The Bertz CT molecular complexity index is 1370. The lowest BCUT2D eigenvalue weighted by Gasteiger charge is -2.29. The summed E-state index contributed by atoms with van der Waals surface area (Å²) >= 11 is 0. The van der Waals surface area contributed by atoms with Crippen molar-refractivity contribution in [3.63, 3.8) is 0 Å². The van der Waals surface area contributed by atoms with Gasteiger partial charge in [-0.1, -0.05) is 74.5 Å². The van der Waals surface area contributed by atoms with Crippen molar-refractivity contribution in [1.29, 1.82) is 0 Å². The highest BCUT2D eigenvalue weighted by atomic mass is 16.2. The minimum atomic E-state index is -0.993. The number of guanidine groups is 1. The van der Waals surface area contributed by atoms with Crippen LogP contribution in [-0.4, -0.2) is 103 Å². The molecule has 1 fully saturated rings. The van der Waals surface area contributed by atoms with Crippen molar-refractivity contribution in [2.24, 2.45) is 28.1 Å². The predicted octanol–water partition coefficient (Wildman–Crippen LogP) is 0.517. The topological polar surface area (TPSA) is 201 Å². The van der Waals surface area contributed by atoms with Gasteiger partial charge in [0, 0.05) is 39.6 Å². The van der Waals surface area contributed by atoms with Crippen LogP contribution in [-0.2, 0) is 32.0 Å². The largest absolute Gasteiger partial charge is 0.370 e. The zero-order valence-corrected chi connectivity index (χ0v) is 29.1. The van der Waals surface area contributed by atoms with E-state index in [0.717, 1.165) is 11.1 Å². The van der Waals surface area contributed by atoms with E-state index >= 15 is 0 Å². The lowest BCUT2D eigenvalue weighted by molar-refractivity contribution is -0.138. The first-order valence-corrected chi connectivity index (χ1v) is 17.2. The summed E-state index contributed by atoms with van der Waals surface area (Å²) < 4.78 is 0. The molecular formula is C36H55N9O4. The molecule has 1 aliphatic heterocycles. The van der Waals surface area contributed by atoms with Crippen molar-refractivity contribution in [3.05, 3.63) is 71.8 Å². The van der Waals surface area contributed by atoms with Crippen molar-refractivity contribution in [3.8, 4) is 0 Å². The molecule has 13 heteroatoms. The molecule has 1 saturated heterocycles. The summed E-state index contributed by atoms with van der Waals surface area (Å²) in [6, 6.07) is 15.1. The molecule has 2 aromatic rings. The molecule has 0 bridgehead atoms. The molecule has 2 aromatic carbocycles. The molecule has 0 saturated carbocycles. The number of aliphatic imine (C=N–C) groups is 1. The SMILES string of the molecule is C/N=C(/N)N1CCCN(C(=O)C(CCCN)NC(=O)[C@@H](CC(C)C)NC(=O)[C@@H](Cc2ccccc2)NC(=O)[C@H](N)Cc2ccccc2)CC1. The summed E-state index contributed by atoms with van der Waals surface area (Å²) in [5.74, 6) is -1.20. The standard InChI is InChI=1S/C36H55N9O4/c1-25(2)22-30(33(47)41-29(16-10-17-37)35(49)44-18-11-19-45(21-20-44)36(39)40-3)43-34(48)31(24-27-14-8-5-9-15-27)42-32(46)28(38)23-26-12-6-4-7-13-26/h4-9,12-15,25,28-31H,10-11,16-24,37-38H2,1-3H3,(H2,39,40)(H,41,47)(H,42,46)(H,43,48)/t28-,29?,30-,31-/m1/s1. The van der Waals surface area contributed by atoms with Crippen LogP contribution in [0.2, 0.25) is 0 Å². The smallest absolute Gasteiger partial charge is 0.245 e. The Morgan fingerprint density at radius 3 is 1.88 bits per heavy atom. The number of nitrogens with one attached hydrogen (secondary N) is 3. The van der Waals surface area contributed by atoms with E-state index in [1.807, 2.05) is 79.4 Å². The highest BCUT2D eigenvalue weighted by Gasteiger charge is 2.33. The van der Waals surface area contributed by atoms with Crippen LogP contribution >= 0.6 is 0 Å². The number of amides is 4. The quantitative estimate of drug-likeness (QED) is 0.109. The Labute approximate surface area is 290 Å². The van der Waals surface area contributed by atoms with E-state index in [0.29, 0.717) is 70.8 Å². The number of rotatable bonds is 16. The lowest BCUT2D eigenvalue weighted by Crippen LogP contribution is -2.59. The van der Waals surface area contributed by atoms with Crippen molar-refractivity contribution < 1.29 is 19.2 Å². The Balaban J connectivity index is 1.76. The number of benzene rings is 2. The van der Waals surface area contributed by atoms with Crippen LogP contribution in [0.5, 0.6) is 0 Å². The molecule has 0 aromatic heterocycles. The third kappa shape index (κ3) is 12.8. The minimum absolute atomic E-state index is 0.0398. The van der Waals surface area contributed by atoms with Crippen molar-refractivity contribution in [2.45, 2.75) is 76.5 Å². The fourth-order valence-corrected chi connectivity index (χ4v) is 5.85. The molecule has 1 unspecified atom stereocenters. The van der Waals surface area contributed by atoms with Crippen LogP contribution < -0.4 is 33.2 Å². The number of carbonyl (C=O) groups excluding carboxylic acids is 4. The Morgan fingerprint density at radius 1 is 0.755 bits per heavy atom. The Kier molecular flexibility index (Phi) is 16.0. The zero-order chi connectivity index (χ0) is 35.8. The van der Waals surface area contributed by atoms with Crippen LogP contribution in [0.25, 0.3) is 0 Å². The second-order valence-electron chi connectivity index (χ2n) is 13.0. The van der Waals surface area contributed by atoms with Gasteiger partial charge in [0.05, 0.1) is 6.04 Å². The van der Waals surface area contributed by atoms with Gasteiger partial charge in [0.25, 0.3) is 0 Å². The first kappa shape index (κ1) is 39.0. The predicted molar refractivity (Wildman–Crippen MR) is 192 cm³/mol. The van der Waals surface area contributed by atoms with Gasteiger partial charge in [-0.15, -0.1) is 0 Å². The monoisotopic (exact) mass is 677 g/mol. The average molecular weight is 678 g/mol. The molecule has 49 heavy (non-hydrogen) atoms. The van der Waals surface area contributed by atoms with E-state index in [-0.39, 0.29) is 18.2 Å². The highest BCUT2D eigenvalue weighted by molar-refractivity contribution is 5.95. The first-order chi connectivity index (χ1) is 23.5. The van der Waals surface area contributed by atoms with E-state index in [1.54, 1.807) is 11.9 Å². The fourth-order valence-electron chi connectivity index (χ4n) is 5.85. The summed E-state index contributed by atoms with van der Waals surface area (Å²) in [5.41, 5.74) is 19.8. The molecule has 0 radical (unpaired) electrons. The van der Waals surface area contributed by atoms with Crippen LogP contribution in [0.1, 0.15) is 50.7 Å². The molecule has 0 spiro atoms. The molecule has 4 atom stereocenters. The van der Waals surface area contributed by atoms with Crippen molar-refractivity contribution in [1.82, 2.24) is 25.8 Å². The van der Waals surface area contributed by atoms with Crippen LogP contribution in [0.4, 0.5) is 0 Å². The normalized spacial score (nSPS) is 16.2. The Hall–Kier alpha value is -4.49. The van der Waals surface area contributed by atoms with Gasteiger partial charge < -0.3 is 43.0 Å². The van der Waals surface area contributed by atoms with Crippen LogP contribution in [0, 0.1) is 5.92 Å². The molecule has 0 aliphatic carbocycles. The second kappa shape index (κ2) is 20.1. The first-order valence-electron chi connectivity index (χ1n) is 17.2. The zero-order valence-electron chi connectivity index (χ0n) is 29.1. The number of hydrogen-bond donors (Lipinski definition) is 6. The number of nitrogens with zero attached hydrogens (tertiary/aromatic N) is 3. The molecule has 1 heterocycles. The number of hydrogen-bond acceptors (Lipinski definition) is 7. The number of nitrogens with two attached hydrogens (primary N) is 3. The van der Waals surface area contributed by atoms with Gasteiger partial charge >= 0.3 is 0 Å². The summed E-state index contributed by atoms with van der Waals surface area (Å²) in [4.78, 5) is 62.5. The maximum Gasteiger partial charge on any atom is 0.245 e. The summed E-state index contributed by atoms with van der Waals surface area (Å²) in [6.45, 7) is 6.41. The highest BCUT2D eigenvalue weighted by Crippen LogP contribution is 2.12. The molecule has 4 amide bonds. The van der Waals surface area contributed by atoms with Gasteiger partial charge in [-0.3, -0.25) is 24.2 Å². The Morgan fingerprint density at radius 2 is 1.29 bits per heavy atom. The summed E-state index contributed by atoms with van der Waals surface area (Å²) in [5, 5.41) is 8.65. The third-order valence-corrected chi connectivity index (χ3v) is 8.56. The van der Waals surface area contributed by atoms with Crippen molar-refractivity contribution >= 4 is 29.6 Å². The van der Waals surface area contributed by atoms with E-state index < -0.39 is 41.9 Å². The molecule has 268 valence electrons. The van der Waals surface area contributed by atoms with Gasteiger partial charge in [-0.05, 0) is 55.7 Å². The van der Waals surface area contributed by atoms with Gasteiger partial charge in [0.15, 0.2) is 5.96 Å². The second-order valence-corrected chi connectivity index (χ2v) is 13.0. The summed E-state index contributed by atoms with van der Waals surface area (Å²) in [6.07, 6.45) is 2.41. The van der Waals surface area contributed by atoms with Gasteiger partial charge in [0.1, 0.15) is 18.1 Å². The van der Waals surface area contributed by atoms with Crippen LogP contribution in [0.3, 0.4) is 0 Å². The third-order valence-electron chi connectivity index (χ3n) is 8.56. The van der Waals surface area contributed by atoms with E-state index in [4.69, 9.17) is 17.2 Å². The lowest BCUT2D eigenvalue weighted by atomic mass is 9.99. The molecule has 1 aliphatic rings. The van der Waals surface area contributed by atoms with Crippen LogP contribution in [0.15, 0.2) is 65.7 Å². The van der Waals surface area contributed by atoms with Gasteiger partial charge in [0.2, 0.25) is 23.6 Å². The van der Waals surface area contributed by atoms with Gasteiger partial charge in [-0.25, -0.2) is 0 Å². The summed E-state index contributed by atoms with van der Waals surface area (Å²) in [7, 11) is 1.63. The van der Waals surface area contributed by atoms with E-state index in [2.05, 4.69) is 20.9 Å². The molecule has 3 rings (SSSR count). The van der Waals surface area contributed by atoms with Gasteiger partial charge in [-0.2, -0.15) is 0 Å². The average Bonchev–Trinajstić information content (AvgIpc) is 3.36. The minimum Gasteiger partial charge on any atom is -0.370 e.